The molecule has 0 atom stereocenters. The van der Waals surface area contributed by atoms with Gasteiger partial charge in [-0.1, -0.05) is 11.6 Å². The lowest BCUT2D eigenvalue weighted by atomic mass is 10.3. The van der Waals surface area contributed by atoms with Gasteiger partial charge in [-0.15, -0.1) is 0 Å². The Labute approximate surface area is 100.0 Å². The van der Waals surface area contributed by atoms with E-state index in [0.29, 0.717) is 24.6 Å². The fourth-order valence-corrected chi connectivity index (χ4v) is 1.27. The SMILES string of the molecule is CCOC(=O)CCCNc1ccc(Cl)cn1. The third-order valence-corrected chi connectivity index (χ3v) is 2.12. The summed E-state index contributed by atoms with van der Waals surface area (Å²) in [4.78, 5) is 15.1. The van der Waals surface area contributed by atoms with Gasteiger partial charge in [0.2, 0.25) is 0 Å². The summed E-state index contributed by atoms with van der Waals surface area (Å²) in [6.07, 6.45) is 2.73. The van der Waals surface area contributed by atoms with E-state index in [1.165, 1.54) is 0 Å². The number of rotatable bonds is 6. The second-order valence-corrected chi connectivity index (χ2v) is 3.63. The molecule has 4 nitrogen and oxygen atoms in total. The highest BCUT2D eigenvalue weighted by atomic mass is 35.5. The first-order valence-electron chi connectivity index (χ1n) is 5.23. The molecule has 1 N–H and O–H groups in total. The van der Waals surface area contributed by atoms with E-state index in [1.807, 2.05) is 0 Å². The maximum Gasteiger partial charge on any atom is 0.305 e. The highest BCUT2D eigenvalue weighted by Crippen LogP contribution is 2.09. The number of nitrogens with one attached hydrogen (secondary N) is 1. The number of carbonyl (C=O) groups is 1. The molecular weight excluding hydrogens is 228 g/mol. The van der Waals surface area contributed by atoms with Crippen molar-refractivity contribution < 1.29 is 9.53 Å². The predicted octanol–water partition coefficient (Wildman–Crippen LogP) is 2.49. The van der Waals surface area contributed by atoms with Crippen LogP contribution in [0.3, 0.4) is 0 Å². The monoisotopic (exact) mass is 242 g/mol. The molecule has 1 heterocycles. The Hall–Kier alpha value is -1.29. The molecule has 0 fully saturated rings. The van der Waals surface area contributed by atoms with Crippen molar-refractivity contribution in [2.45, 2.75) is 19.8 Å². The molecule has 0 radical (unpaired) electrons. The Morgan fingerprint density at radius 2 is 2.38 bits per heavy atom. The van der Waals surface area contributed by atoms with Gasteiger partial charge in [0, 0.05) is 19.2 Å². The molecule has 1 aromatic heterocycles. The number of ether oxygens (including phenoxy) is 1. The Morgan fingerprint density at radius 1 is 1.56 bits per heavy atom. The molecule has 5 heteroatoms. The Balaban J connectivity index is 2.16. The van der Waals surface area contributed by atoms with Gasteiger partial charge in [0.1, 0.15) is 5.82 Å². The number of carbonyl (C=O) groups excluding carboxylic acids is 1. The molecule has 0 aliphatic carbocycles. The van der Waals surface area contributed by atoms with Crippen LogP contribution in [0.1, 0.15) is 19.8 Å². The van der Waals surface area contributed by atoms with Crippen molar-refractivity contribution in [3.8, 4) is 0 Å². The normalized spacial score (nSPS) is 9.88. The van der Waals surface area contributed by atoms with E-state index in [1.54, 1.807) is 25.3 Å². The minimum atomic E-state index is -0.159. The van der Waals surface area contributed by atoms with Crippen LogP contribution >= 0.6 is 11.6 Å². The zero-order chi connectivity index (χ0) is 11.8. The first-order chi connectivity index (χ1) is 7.72. The van der Waals surface area contributed by atoms with Crippen LogP contribution in [0.5, 0.6) is 0 Å². The molecule has 0 amide bonds. The van der Waals surface area contributed by atoms with E-state index in [0.717, 1.165) is 12.2 Å². The average Bonchev–Trinajstić information content (AvgIpc) is 2.27. The second kappa shape index (κ2) is 7.06. The van der Waals surface area contributed by atoms with Crippen molar-refractivity contribution in [3.63, 3.8) is 0 Å². The van der Waals surface area contributed by atoms with Crippen LogP contribution in [-0.4, -0.2) is 24.1 Å². The van der Waals surface area contributed by atoms with E-state index < -0.39 is 0 Å². The van der Waals surface area contributed by atoms with Crippen molar-refractivity contribution in [3.05, 3.63) is 23.4 Å². The first-order valence-corrected chi connectivity index (χ1v) is 5.61. The van der Waals surface area contributed by atoms with Gasteiger partial charge < -0.3 is 10.1 Å². The van der Waals surface area contributed by atoms with Crippen LogP contribution in [0.15, 0.2) is 18.3 Å². The summed E-state index contributed by atoms with van der Waals surface area (Å²) in [6, 6.07) is 3.56. The summed E-state index contributed by atoms with van der Waals surface area (Å²) in [5, 5.41) is 3.70. The molecular formula is C11H15ClN2O2. The molecule has 0 bridgehead atoms. The third kappa shape index (κ3) is 4.98. The van der Waals surface area contributed by atoms with Gasteiger partial charge in [-0.25, -0.2) is 4.98 Å². The summed E-state index contributed by atoms with van der Waals surface area (Å²) < 4.78 is 4.81. The van der Waals surface area contributed by atoms with E-state index in [9.17, 15) is 4.79 Å². The third-order valence-electron chi connectivity index (χ3n) is 1.90. The molecule has 0 unspecified atom stereocenters. The van der Waals surface area contributed by atoms with Crippen LogP contribution in [0.4, 0.5) is 5.82 Å². The molecule has 1 rings (SSSR count). The molecule has 0 aliphatic heterocycles. The smallest absolute Gasteiger partial charge is 0.305 e. The van der Waals surface area contributed by atoms with Crippen LogP contribution < -0.4 is 5.32 Å². The number of nitrogens with zero attached hydrogens (tertiary/aromatic N) is 1. The van der Waals surface area contributed by atoms with E-state index >= 15 is 0 Å². The molecule has 16 heavy (non-hydrogen) atoms. The average molecular weight is 243 g/mol. The Bertz CT molecular complexity index is 327. The lowest BCUT2D eigenvalue weighted by Crippen LogP contribution is -2.08. The molecule has 1 aromatic rings. The van der Waals surface area contributed by atoms with Crippen LogP contribution in [0, 0.1) is 0 Å². The summed E-state index contributed by atoms with van der Waals surface area (Å²) in [5.74, 6) is 0.599. The quantitative estimate of drug-likeness (QED) is 0.615. The molecule has 0 aliphatic rings. The van der Waals surface area contributed by atoms with Gasteiger partial charge in [-0.05, 0) is 25.5 Å². The standard InChI is InChI=1S/C11H15ClN2O2/c1-2-16-11(15)4-3-7-13-10-6-5-9(12)8-14-10/h5-6,8H,2-4,7H2,1H3,(H,13,14). The number of aromatic nitrogens is 1. The maximum absolute atomic E-state index is 11.0. The molecule has 0 aromatic carbocycles. The van der Waals surface area contributed by atoms with E-state index in [4.69, 9.17) is 16.3 Å². The van der Waals surface area contributed by atoms with Gasteiger partial charge in [0.15, 0.2) is 0 Å². The Kier molecular flexibility index (Phi) is 5.64. The number of hydrogen-bond donors (Lipinski definition) is 1. The number of esters is 1. The highest BCUT2D eigenvalue weighted by Gasteiger charge is 2.00. The van der Waals surface area contributed by atoms with Crippen LogP contribution in [0.2, 0.25) is 5.02 Å². The summed E-state index contributed by atoms with van der Waals surface area (Å²) in [7, 11) is 0. The van der Waals surface area contributed by atoms with Gasteiger partial charge in [0.25, 0.3) is 0 Å². The maximum atomic E-state index is 11.0. The zero-order valence-electron chi connectivity index (χ0n) is 9.20. The number of pyridine rings is 1. The number of halogens is 1. The topological polar surface area (TPSA) is 51.2 Å². The predicted molar refractivity (Wildman–Crippen MR) is 63.6 cm³/mol. The fraction of sp³-hybridized carbons (Fsp3) is 0.455. The van der Waals surface area contributed by atoms with Gasteiger partial charge in [-0.2, -0.15) is 0 Å². The van der Waals surface area contributed by atoms with E-state index in [2.05, 4.69) is 10.3 Å². The van der Waals surface area contributed by atoms with Crippen molar-refractivity contribution in [2.75, 3.05) is 18.5 Å². The lowest BCUT2D eigenvalue weighted by Gasteiger charge is -2.05. The summed E-state index contributed by atoms with van der Waals surface area (Å²) >= 11 is 5.70. The largest absolute Gasteiger partial charge is 0.466 e. The first kappa shape index (κ1) is 12.8. The molecule has 0 saturated heterocycles. The van der Waals surface area contributed by atoms with Crippen molar-refractivity contribution in [1.29, 1.82) is 0 Å². The van der Waals surface area contributed by atoms with Crippen molar-refractivity contribution in [1.82, 2.24) is 4.98 Å². The molecule has 0 spiro atoms. The summed E-state index contributed by atoms with van der Waals surface area (Å²) in [6.45, 7) is 2.92. The molecule has 0 saturated carbocycles. The number of hydrogen-bond acceptors (Lipinski definition) is 4. The van der Waals surface area contributed by atoms with E-state index in [-0.39, 0.29) is 5.97 Å². The summed E-state index contributed by atoms with van der Waals surface area (Å²) in [5.41, 5.74) is 0. The lowest BCUT2D eigenvalue weighted by molar-refractivity contribution is -0.143. The minimum Gasteiger partial charge on any atom is -0.466 e. The second-order valence-electron chi connectivity index (χ2n) is 3.20. The minimum absolute atomic E-state index is 0.159. The number of anilines is 1. The van der Waals surface area contributed by atoms with Crippen molar-refractivity contribution in [2.24, 2.45) is 0 Å². The van der Waals surface area contributed by atoms with Gasteiger partial charge in [-0.3, -0.25) is 4.79 Å². The van der Waals surface area contributed by atoms with Gasteiger partial charge in [0.05, 0.1) is 11.6 Å². The van der Waals surface area contributed by atoms with Crippen LogP contribution in [-0.2, 0) is 9.53 Å². The Morgan fingerprint density at radius 3 is 3.00 bits per heavy atom. The molecule has 88 valence electrons. The van der Waals surface area contributed by atoms with Crippen LogP contribution in [0.25, 0.3) is 0 Å². The van der Waals surface area contributed by atoms with Crippen molar-refractivity contribution >= 4 is 23.4 Å². The fourth-order valence-electron chi connectivity index (χ4n) is 1.16. The van der Waals surface area contributed by atoms with Gasteiger partial charge >= 0.3 is 5.97 Å². The highest BCUT2D eigenvalue weighted by molar-refractivity contribution is 6.30. The zero-order valence-corrected chi connectivity index (χ0v) is 9.96.